The van der Waals surface area contributed by atoms with Crippen LogP contribution in [-0.4, -0.2) is 17.0 Å². The van der Waals surface area contributed by atoms with Crippen molar-refractivity contribution in [3.63, 3.8) is 0 Å². The molecular weight excluding hydrogens is 231 g/mol. The molecule has 0 spiro atoms. The van der Waals surface area contributed by atoms with Gasteiger partial charge in [-0.05, 0) is 18.2 Å². The van der Waals surface area contributed by atoms with E-state index >= 15 is 0 Å². The molecule has 0 radical (unpaired) electrons. The fourth-order valence-corrected chi connectivity index (χ4v) is 2.14. The Kier molecular flexibility index (Phi) is 2.17. The van der Waals surface area contributed by atoms with Crippen LogP contribution in [0.15, 0.2) is 24.4 Å². The zero-order chi connectivity index (χ0) is 12.7. The van der Waals surface area contributed by atoms with E-state index in [-0.39, 0.29) is 5.82 Å². The lowest BCUT2D eigenvalue weighted by molar-refractivity contribution is 0.630. The summed E-state index contributed by atoms with van der Waals surface area (Å²) in [6.45, 7) is 0. The van der Waals surface area contributed by atoms with Gasteiger partial charge in [-0.2, -0.15) is 5.26 Å². The minimum absolute atomic E-state index is 0.312. The molecule has 3 aromatic rings. The molecule has 2 aromatic heterocycles. The molecular formula is C13H9FN4. The quantitative estimate of drug-likeness (QED) is 0.687. The van der Waals surface area contributed by atoms with E-state index in [2.05, 4.69) is 21.4 Å². The molecule has 5 heteroatoms. The summed E-state index contributed by atoms with van der Waals surface area (Å²) < 4.78 is 13.3. The van der Waals surface area contributed by atoms with Crippen molar-refractivity contribution in [3.8, 4) is 6.07 Å². The molecule has 2 N–H and O–H groups in total. The van der Waals surface area contributed by atoms with Crippen LogP contribution in [0.3, 0.4) is 0 Å². The normalized spacial score (nSPS) is 10.7. The molecule has 0 aliphatic heterocycles. The summed E-state index contributed by atoms with van der Waals surface area (Å²) in [4.78, 5) is 7.30. The van der Waals surface area contributed by atoms with Gasteiger partial charge in [0.1, 0.15) is 17.7 Å². The average Bonchev–Trinajstić information content (AvgIpc) is 2.76. The first-order chi connectivity index (χ1) is 8.74. The topological polar surface area (TPSA) is 64.5 Å². The molecule has 0 aliphatic rings. The molecule has 3 rings (SSSR count). The third-order valence-corrected chi connectivity index (χ3v) is 2.95. The lowest BCUT2D eigenvalue weighted by Gasteiger charge is -2.02. The van der Waals surface area contributed by atoms with Gasteiger partial charge in [-0.15, -0.1) is 0 Å². The Morgan fingerprint density at radius 1 is 1.44 bits per heavy atom. The Balaban J connectivity index is 2.58. The largest absolute Gasteiger partial charge is 0.373 e. The Labute approximate surface area is 102 Å². The number of fused-ring (bicyclic) bond motifs is 3. The number of nitrogens with zero attached hydrogens (tertiary/aromatic N) is 2. The zero-order valence-electron chi connectivity index (χ0n) is 9.58. The number of anilines is 1. The summed E-state index contributed by atoms with van der Waals surface area (Å²) in [5.74, 6) is 0.314. The fraction of sp³-hybridized carbons (Fsp3) is 0.0769. The van der Waals surface area contributed by atoms with Crippen LogP contribution in [0.1, 0.15) is 5.56 Å². The molecule has 0 atom stereocenters. The van der Waals surface area contributed by atoms with Gasteiger partial charge in [0.2, 0.25) is 0 Å². The predicted molar refractivity (Wildman–Crippen MR) is 67.8 cm³/mol. The SMILES string of the molecule is CNc1ncc(C#N)c2[nH]c3ccc(F)cc3c12. The van der Waals surface area contributed by atoms with Crippen molar-refractivity contribution in [2.24, 2.45) is 0 Å². The summed E-state index contributed by atoms with van der Waals surface area (Å²) in [6.07, 6.45) is 1.50. The number of nitriles is 1. The molecule has 88 valence electrons. The highest BCUT2D eigenvalue weighted by Gasteiger charge is 2.13. The number of pyridine rings is 1. The first-order valence-corrected chi connectivity index (χ1v) is 5.42. The highest BCUT2D eigenvalue weighted by molar-refractivity contribution is 6.13. The van der Waals surface area contributed by atoms with Gasteiger partial charge in [0.05, 0.1) is 16.5 Å². The molecule has 2 heterocycles. The highest BCUT2D eigenvalue weighted by Crippen LogP contribution is 2.32. The van der Waals surface area contributed by atoms with Crippen molar-refractivity contribution in [1.82, 2.24) is 9.97 Å². The maximum Gasteiger partial charge on any atom is 0.135 e. The smallest absolute Gasteiger partial charge is 0.135 e. The van der Waals surface area contributed by atoms with Crippen LogP contribution in [0.25, 0.3) is 21.8 Å². The number of nitrogens with one attached hydrogen (secondary N) is 2. The van der Waals surface area contributed by atoms with E-state index < -0.39 is 0 Å². The third kappa shape index (κ3) is 1.32. The van der Waals surface area contributed by atoms with E-state index in [0.29, 0.717) is 16.9 Å². The minimum Gasteiger partial charge on any atom is -0.373 e. The van der Waals surface area contributed by atoms with E-state index in [9.17, 15) is 4.39 Å². The van der Waals surface area contributed by atoms with Gasteiger partial charge in [0.25, 0.3) is 0 Å². The number of H-pyrrole nitrogens is 1. The third-order valence-electron chi connectivity index (χ3n) is 2.95. The van der Waals surface area contributed by atoms with Crippen LogP contribution in [0.4, 0.5) is 10.2 Å². The Morgan fingerprint density at radius 3 is 3.00 bits per heavy atom. The Bertz CT molecular complexity index is 798. The molecule has 0 bridgehead atoms. The number of benzene rings is 1. The van der Waals surface area contributed by atoms with E-state index in [1.165, 1.54) is 18.3 Å². The Morgan fingerprint density at radius 2 is 2.28 bits per heavy atom. The minimum atomic E-state index is -0.312. The Hall–Kier alpha value is -2.61. The van der Waals surface area contributed by atoms with Crippen LogP contribution in [0, 0.1) is 17.1 Å². The lowest BCUT2D eigenvalue weighted by atomic mass is 10.1. The van der Waals surface area contributed by atoms with Crippen LogP contribution >= 0.6 is 0 Å². The number of rotatable bonds is 1. The van der Waals surface area contributed by atoms with Gasteiger partial charge in [-0.1, -0.05) is 0 Å². The van der Waals surface area contributed by atoms with E-state index in [0.717, 1.165) is 16.3 Å². The van der Waals surface area contributed by atoms with Crippen LogP contribution in [-0.2, 0) is 0 Å². The van der Waals surface area contributed by atoms with Crippen molar-refractivity contribution >= 4 is 27.6 Å². The van der Waals surface area contributed by atoms with Gasteiger partial charge < -0.3 is 10.3 Å². The summed E-state index contributed by atoms with van der Waals surface area (Å²) >= 11 is 0. The number of halogens is 1. The monoisotopic (exact) mass is 240 g/mol. The summed E-state index contributed by atoms with van der Waals surface area (Å²) in [5, 5.41) is 13.5. The molecule has 1 aromatic carbocycles. The van der Waals surface area contributed by atoms with E-state index in [1.54, 1.807) is 13.1 Å². The van der Waals surface area contributed by atoms with Crippen LogP contribution in [0.2, 0.25) is 0 Å². The van der Waals surface area contributed by atoms with Crippen molar-refractivity contribution in [3.05, 3.63) is 35.8 Å². The highest BCUT2D eigenvalue weighted by atomic mass is 19.1. The van der Waals surface area contributed by atoms with Crippen molar-refractivity contribution < 1.29 is 4.39 Å². The molecule has 0 aliphatic carbocycles. The molecule has 0 amide bonds. The average molecular weight is 240 g/mol. The predicted octanol–water partition coefficient (Wildman–Crippen LogP) is 2.77. The van der Waals surface area contributed by atoms with Crippen molar-refractivity contribution in [2.45, 2.75) is 0 Å². The maximum atomic E-state index is 13.3. The summed E-state index contributed by atoms with van der Waals surface area (Å²) in [5.41, 5.74) is 1.91. The second-order valence-electron chi connectivity index (χ2n) is 3.95. The number of aromatic amines is 1. The molecule has 0 fully saturated rings. The second-order valence-corrected chi connectivity index (χ2v) is 3.95. The number of hydrogen-bond donors (Lipinski definition) is 2. The number of aromatic nitrogens is 2. The van der Waals surface area contributed by atoms with Crippen LogP contribution < -0.4 is 5.32 Å². The van der Waals surface area contributed by atoms with E-state index in [1.807, 2.05) is 0 Å². The standard InChI is InChI=1S/C13H9FN4/c1-16-13-11-9-4-8(14)2-3-10(9)18-12(11)7(5-15)6-17-13/h2-4,6,18H,1H3,(H,16,17). The molecule has 18 heavy (non-hydrogen) atoms. The van der Waals surface area contributed by atoms with Gasteiger partial charge in [0.15, 0.2) is 0 Å². The van der Waals surface area contributed by atoms with Crippen molar-refractivity contribution in [1.29, 1.82) is 5.26 Å². The van der Waals surface area contributed by atoms with Gasteiger partial charge in [-0.3, -0.25) is 0 Å². The molecule has 4 nitrogen and oxygen atoms in total. The van der Waals surface area contributed by atoms with Crippen molar-refractivity contribution in [2.75, 3.05) is 12.4 Å². The van der Waals surface area contributed by atoms with Gasteiger partial charge >= 0.3 is 0 Å². The van der Waals surface area contributed by atoms with Gasteiger partial charge in [-0.25, -0.2) is 9.37 Å². The maximum absolute atomic E-state index is 13.3. The fourth-order valence-electron chi connectivity index (χ4n) is 2.14. The first-order valence-electron chi connectivity index (χ1n) is 5.42. The molecule has 0 saturated carbocycles. The lowest BCUT2D eigenvalue weighted by Crippen LogP contribution is -1.94. The number of hydrogen-bond acceptors (Lipinski definition) is 3. The molecule has 0 unspecified atom stereocenters. The zero-order valence-corrected chi connectivity index (χ0v) is 9.58. The van der Waals surface area contributed by atoms with Crippen LogP contribution in [0.5, 0.6) is 0 Å². The summed E-state index contributed by atoms with van der Waals surface area (Å²) in [6, 6.07) is 6.57. The second kappa shape index (κ2) is 3.70. The first kappa shape index (κ1) is 10.5. The summed E-state index contributed by atoms with van der Waals surface area (Å²) in [7, 11) is 1.74. The molecule has 0 saturated heterocycles. The van der Waals surface area contributed by atoms with E-state index in [4.69, 9.17) is 5.26 Å². The van der Waals surface area contributed by atoms with Gasteiger partial charge in [0, 0.05) is 24.1 Å².